The van der Waals surface area contributed by atoms with Gasteiger partial charge in [-0.1, -0.05) is 0 Å². The van der Waals surface area contributed by atoms with Gasteiger partial charge in [0.2, 0.25) is 0 Å². The molecule has 1 saturated heterocycles. The number of likely N-dealkylation sites (tertiary alicyclic amines) is 1. The van der Waals surface area contributed by atoms with Gasteiger partial charge in [-0.25, -0.2) is 0 Å². The number of hydrogen-bond acceptors (Lipinski definition) is 4. The van der Waals surface area contributed by atoms with Crippen molar-refractivity contribution in [1.29, 1.82) is 5.26 Å². The standard InChI is InChI=1S/C14H23N5/c1-17-8-5-13(6-9-17)18(2)11-14-12(4-7-15)10-19(3)16-14/h10,13H,4-6,8-9,11H2,1-3H3. The Kier molecular flexibility index (Phi) is 4.56. The Bertz CT molecular complexity index is 451. The van der Waals surface area contributed by atoms with Crippen LogP contribution < -0.4 is 0 Å². The van der Waals surface area contributed by atoms with Crippen LogP contribution in [-0.4, -0.2) is 52.8 Å². The minimum absolute atomic E-state index is 0.449. The predicted octanol–water partition coefficient (Wildman–Crippen LogP) is 1.01. The van der Waals surface area contributed by atoms with E-state index in [1.165, 1.54) is 25.9 Å². The molecule has 0 bridgehead atoms. The van der Waals surface area contributed by atoms with E-state index in [0.29, 0.717) is 12.5 Å². The largest absolute Gasteiger partial charge is 0.306 e. The highest BCUT2D eigenvalue weighted by Gasteiger charge is 2.21. The van der Waals surface area contributed by atoms with Crippen LogP contribution in [0.15, 0.2) is 6.20 Å². The van der Waals surface area contributed by atoms with Crippen molar-refractivity contribution < 1.29 is 0 Å². The van der Waals surface area contributed by atoms with Crippen LogP contribution >= 0.6 is 0 Å². The molecule has 104 valence electrons. The minimum Gasteiger partial charge on any atom is -0.306 e. The van der Waals surface area contributed by atoms with E-state index in [2.05, 4.69) is 35.1 Å². The van der Waals surface area contributed by atoms with Crippen molar-refractivity contribution in [3.63, 3.8) is 0 Å². The van der Waals surface area contributed by atoms with Crippen molar-refractivity contribution in [2.24, 2.45) is 7.05 Å². The minimum atomic E-state index is 0.449. The smallest absolute Gasteiger partial charge is 0.0807 e. The van der Waals surface area contributed by atoms with E-state index in [-0.39, 0.29) is 0 Å². The Hall–Kier alpha value is -1.38. The van der Waals surface area contributed by atoms with Gasteiger partial charge in [-0.2, -0.15) is 10.4 Å². The molecule has 0 radical (unpaired) electrons. The monoisotopic (exact) mass is 261 g/mol. The molecule has 19 heavy (non-hydrogen) atoms. The lowest BCUT2D eigenvalue weighted by Crippen LogP contribution is -2.41. The third-order valence-electron chi connectivity index (χ3n) is 3.97. The van der Waals surface area contributed by atoms with Gasteiger partial charge in [-0.05, 0) is 40.0 Å². The van der Waals surface area contributed by atoms with Crippen LogP contribution in [0.5, 0.6) is 0 Å². The highest BCUT2D eigenvalue weighted by atomic mass is 15.3. The number of rotatable bonds is 4. The van der Waals surface area contributed by atoms with Gasteiger partial charge >= 0.3 is 0 Å². The Labute approximate surface area is 115 Å². The molecule has 0 amide bonds. The molecule has 2 heterocycles. The third kappa shape index (κ3) is 3.55. The van der Waals surface area contributed by atoms with E-state index in [4.69, 9.17) is 5.26 Å². The molecule has 0 saturated carbocycles. The van der Waals surface area contributed by atoms with Gasteiger partial charge in [0.25, 0.3) is 0 Å². The van der Waals surface area contributed by atoms with Gasteiger partial charge in [0, 0.05) is 31.4 Å². The third-order valence-corrected chi connectivity index (χ3v) is 3.97. The molecule has 0 atom stereocenters. The fourth-order valence-corrected chi connectivity index (χ4v) is 2.75. The number of hydrogen-bond donors (Lipinski definition) is 0. The summed E-state index contributed by atoms with van der Waals surface area (Å²) < 4.78 is 1.81. The lowest BCUT2D eigenvalue weighted by atomic mass is 10.0. The van der Waals surface area contributed by atoms with E-state index < -0.39 is 0 Å². The lowest BCUT2D eigenvalue weighted by molar-refractivity contribution is 0.138. The first-order chi connectivity index (χ1) is 9.10. The van der Waals surface area contributed by atoms with E-state index >= 15 is 0 Å². The quantitative estimate of drug-likeness (QED) is 0.811. The van der Waals surface area contributed by atoms with Crippen LogP contribution in [0.1, 0.15) is 24.1 Å². The summed E-state index contributed by atoms with van der Waals surface area (Å²) in [7, 11) is 6.26. The molecule has 1 aliphatic rings. The van der Waals surface area contributed by atoms with E-state index in [1.54, 1.807) is 0 Å². The van der Waals surface area contributed by atoms with Gasteiger partial charge in [-0.3, -0.25) is 9.58 Å². The summed E-state index contributed by atoms with van der Waals surface area (Å²) in [6.07, 6.45) is 4.84. The highest BCUT2D eigenvalue weighted by Crippen LogP contribution is 2.17. The normalized spacial score (nSPS) is 17.8. The molecule has 0 N–H and O–H groups in total. The summed E-state index contributed by atoms with van der Waals surface area (Å²) >= 11 is 0. The van der Waals surface area contributed by atoms with Crippen molar-refractivity contribution in [3.8, 4) is 6.07 Å². The summed E-state index contributed by atoms with van der Waals surface area (Å²) in [6, 6.07) is 2.85. The number of aryl methyl sites for hydroxylation is 1. The Balaban J connectivity index is 1.98. The first-order valence-corrected chi connectivity index (χ1v) is 6.87. The van der Waals surface area contributed by atoms with E-state index in [1.807, 2.05) is 17.9 Å². The zero-order valence-electron chi connectivity index (χ0n) is 12.1. The molecule has 5 nitrogen and oxygen atoms in total. The maximum absolute atomic E-state index is 8.86. The Morgan fingerprint density at radius 1 is 1.42 bits per heavy atom. The lowest BCUT2D eigenvalue weighted by Gasteiger charge is -2.34. The molecule has 0 unspecified atom stereocenters. The van der Waals surface area contributed by atoms with Gasteiger partial charge in [0.15, 0.2) is 0 Å². The van der Waals surface area contributed by atoms with Gasteiger partial charge in [-0.15, -0.1) is 0 Å². The van der Waals surface area contributed by atoms with Crippen molar-refractivity contribution in [2.75, 3.05) is 27.2 Å². The second-order valence-corrected chi connectivity index (χ2v) is 5.56. The van der Waals surface area contributed by atoms with Crippen LogP contribution in [0.3, 0.4) is 0 Å². The Morgan fingerprint density at radius 2 is 2.11 bits per heavy atom. The fourth-order valence-electron chi connectivity index (χ4n) is 2.75. The molecular weight excluding hydrogens is 238 g/mol. The topological polar surface area (TPSA) is 48.1 Å². The second-order valence-electron chi connectivity index (χ2n) is 5.56. The molecule has 5 heteroatoms. The van der Waals surface area contributed by atoms with Gasteiger partial charge < -0.3 is 4.90 Å². The highest BCUT2D eigenvalue weighted by molar-refractivity contribution is 5.20. The summed E-state index contributed by atoms with van der Waals surface area (Å²) in [5.41, 5.74) is 2.11. The summed E-state index contributed by atoms with van der Waals surface area (Å²) in [4.78, 5) is 4.77. The molecule has 1 fully saturated rings. The van der Waals surface area contributed by atoms with Crippen LogP contribution in [0.25, 0.3) is 0 Å². The maximum Gasteiger partial charge on any atom is 0.0807 e. The number of nitriles is 1. The molecule has 0 aliphatic carbocycles. The van der Waals surface area contributed by atoms with Crippen molar-refractivity contribution in [3.05, 3.63) is 17.5 Å². The SMILES string of the molecule is CN1CCC(N(C)Cc2nn(C)cc2CC#N)CC1. The summed E-state index contributed by atoms with van der Waals surface area (Å²) in [5, 5.41) is 13.4. The zero-order chi connectivity index (χ0) is 13.8. The molecule has 0 aromatic carbocycles. The average Bonchev–Trinajstić information content (AvgIpc) is 2.71. The molecule has 1 aliphatic heterocycles. The van der Waals surface area contributed by atoms with Crippen LogP contribution in [-0.2, 0) is 20.0 Å². The number of aromatic nitrogens is 2. The van der Waals surface area contributed by atoms with Crippen LogP contribution in [0.2, 0.25) is 0 Å². The number of piperidine rings is 1. The molecule has 1 aromatic rings. The van der Waals surface area contributed by atoms with Crippen molar-refractivity contribution in [2.45, 2.75) is 31.8 Å². The number of nitrogens with zero attached hydrogens (tertiary/aromatic N) is 5. The van der Waals surface area contributed by atoms with Gasteiger partial charge in [0.05, 0.1) is 18.2 Å². The van der Waals surface area contributed by atoms with Crippen LogP contribution in [0.4, 0.5) is 0 Å². The zero-order valence-corrected chi connectivity index (χ0v) is 12.1. The molecular formula is C14H23N5. The molecule has 1 aromatic heterocycles. The van der Waals surface area contributed by atoms with Crippen LogP contribution in [0, 0.1) is 11.3 Å². The first-order valence-electron chi connectivity index (χ1n) is 6.87. The van der Waals surface area contributed by atoms with Crippen molar-refractivity contribution >= 4 is 0 Å². The van der Waals surface area contributed by atoms with Crippen molar-refractivity contribution in [1.82, 2.24) is 19.6 Å². The summed E-state index contributed by atoms with van der Waals surface area (Å²) in [6.45, 7) is 3.18. The van der Waals surface area contributed by atoms with E-state index in [9.17, 15) is 0 Å². The summed E-state index contributed by atoms with van der Waals surface area (Å²) in [5.74, 6) is 0. The maximum atomic E-state index is 8.86. The molecule has 0 spiro atoms. The average molecular weight is 261 g/mol. The Morgan fingerprint density at radius 3 is 2.74 bits per heavy atom. The molecule has 2 rings (SSSR count). The predicted molar refractivity (Wildman–Crippen MR) is 74.5 cm³/mol. The first kappa shape index (κ1) is 14.0. The van der Waals surface area contributed by atoms with Gasteiger partial charge in [0.1, 0.15) is 0 Å². The fraction of sp³-hybridized carbons (Fsp3) is 0.714. The van der Waals surface area contributed by atoms with E-state index in [0.717, 1.165) is 17.8 Å². The second kappa shape index (κ2) is 6.18.